The molecule has 1 amide bonds. The highest BCUT2D eigenvalue weighted by molar-refractivity contribution is 5.79. The highest BCUT2D eigenvalue weighted by Gasteiger charge is 2.26. The first-order valence-corrected chi connectivity index (χ1v) is 6.94. The highest BCUT2D eigenvalue weighted by atomic mass is 16.5. The standard InChI is InChI=1S/C14H21NO4/c16-13(8-11-4-2-1-3-5-11)15-6-7-19-12(10-15)9-14(17)18/h4,12H,1-3,5-10H2,(H,17,18). The van der Waals surface area contributed by atoms with Crippen LogP contribution in [-0.2, 0) is 14.3 Å². The first-order chi connectivity index (χ1) is 9.15. The minimum atomic E-state index is -0.880. The first-order valence-electron chi connectivity index (χ1n) is 6.94. The predicted octanol–water partition coefficient (Wildman–Crippen LogP) is 1.58. The van der Waals surface area contributed by atoms with Gasteiger partial charge < -0.3 is 14.7 Å². The molecule has 1 atom stereocenters. The third kappa shape index (κ3) is 4.35. The van der Waals surface area contributed by atoms with Crippen molar-refractivity contribution in [3.8, 4) is 0 Å². The Morgan fingerprint density at radius 1 is 1.42 bits per heavy atom. The molecule has 1 fully saturated rings. The van der Waals surface area contributed by atoms with Gasteiger partial charge in [-0.25, -0.2) is 0 Å². The van der Waals surface area contributed by atoms with E-state index >= 15 is 0 Å². The van der Waals surface area contributed by atoms with Crippen LogP contribution in [0.1, 0.15) is 38.5 Å². The molecule has 19 heavy (non-hydrogen) atoms. The van der Waals surface area contributed by atoms with E-state index in [1.807, 2.05) is 0 Å². The fourth-order valence-electron chi connectivity index (χ4n) is 2.64. The van der Waals surface area contributed by atoms with Gasteiger partial charge in [0.25, 0.3) is 0 Å². The van der Waals surface area contributed by atoms with E-state index < -0.39 is 5.97 Å². The van der Waals surface area contributed by atoms with Gasteiger partial charge in [-0.05, 0) is 25.7 Å². The van der Waals surface area contributed by atoms with Crippen molar-refractivity contribution in [2.45, 2.75) is 44.6 Å². The minimum Gasteiger partial charge on any atom is -0.481 e. The molecule has 0 bridgehead atoms. The van der Waals surface area contributed by atoms with Crippen molar-refractivity contribution in [3.63, 3.8) is 0 Å². The van der Waals surface area contributed by atoms with E-state index in [1.165, 1.54) is 18.4 Å². The van der Waals surface area contributed by atoms with E-state index in [9.17, 15) is 9.59 Å². The molecule has 1 unspecified atom stereocenters. The fraction of sp³-hybridized carbons (Fsp3) is 0.714. The smallest absolute Gasteiger partial charge is 0.306 e. The van der Waals surface area contributed by atoms with Crippen molar-refractivity contribution in [3.05, 3.63) is 11.6 Å². The van der Waals surface area contributed by atoms with Gasteiger partial charge in [-0.2, -0.15) is 0 Å². The van der Waals surface area contributed by atoms with Gasteiger partial charge in [0.05, 0.1) is 19.1 Å². The van der Waals surface area contributed by atoms with Gasteiger partial charge in [0.2, 0.25) is 5.91 Å². The summed E-state index contributed by atoms with van der Waals surface area (Å²) >= 11 is 0. The summed E-state index contributed by atoms with van der Waals surface area (Å²) in [4.78, 5) is 24.6. The molecule has 0 radical (unpaired) electrons. The molecule has 1 saturated heterocycles. The number of carboxylic acids is 1. The van der Waals surface area contributed by atoms with Crippen LogP contribution in [0.4, 0.5) is 0 Å². The second kappa shape index (κ2) is 6.70. The number of nitrogens with zero attached hydrogens (tertiary/aromatic N) is 1. The van der Waals surface area contributed by atoms with E-state index in [0.717, 1.165) is 12.8 Å². The number of hydrogen-bond donors (Lipinski definition) is 1. The lowest BCUT2D eigenvalue weighted by Gasteiger charge is -2.32. The summed E-state index contributed by atoms with van der Waals surface area (Å²) in [5, 5.41) is 8.76. The highest BCUT2D eigenvalue weighted by Crippen LogP contribution is 2.21. The SMILES string of the molecule is O=C(O)CC1CN(C(=O)CC2=CCCCC2)CCO1. The van der Waals surface area contributed by atoms with Crippen molar-refractivity contribution >= 4 is 11.9 Å². The molecule has 5 nitrogen and oxygen atoms in total. The van der Waals surface area contributed by atoms with Gasteiger partial charge >= 0.3 is 5.97 Å². The zero-order chi connectivity index (χ0) is 13.7. The molecule has 106 valence electrons. The summed E-state index contributed by atoms with van der Waals surface area (Å²) in [6, 6.07) is 0. The quantitative estimate of drug-likeness (QED) is 0.785. The molecule has 5 heteroatoms. The Morgan fingerprint density at radius 3 is 2.95 bits per heavy atom. The zero-order valence-corrected chi connectivity index (χ0v) is 11.1. The van der Waals surface area contributed by atoms with Crippen molar-refractivity contribution in [2.24, 2.45) is 0 Å². The Morgan fingerprint density at radius 2 is 2.26 bits per heavy atom. The van der Waals surface area contributed by atoms with Crippen LogP contribution < -0.4 is 0 Å². The molecule has 1 heterocycles. The zero-order valence-electron chi connectivity index (χ0n) is 11.1. The van der Waals surface area contributed by atoms with E-state index in [1.54, 1.807) is 4.90 Å². The third-order valence-electron chi connectivity index (χ3n) is 3.66. The van der Waals surface area contributed by atoms with Crippen molar-refractivity contribution in [1.82, 2.24) is 4.90 Å². The minimum absolute atomic E-state index is 0.0352. The molecule has 0 aromatic rings. The van der Waals surface area contributed by atoms with Gasteiger partial charge in [0, 0.05) is 19.5 Å². The van der Waals surface area contributed by atoms with E-state index in [-0.39, 0.29) is 18.4 Å². The number of hydrogen-bond acceptors (Lipinski definition) is 3. The summed E-state index contributed by atoms with van der Waals surface area (Å²) in [6.45, 7) is 1.41. The number of carbonyl (C=O) groups is 2. The average molecular weight is 267 g/mol. The van der Waals surface area contributed by atoms with Crippen LogP contribution in [0.2, 0.25) is 0 Å². The number of morpholine rings is 1. The van der Waals surface area contributed by atoms with E-state index in [0.29, 0.717) is 26.1 Å². The average Bonchev–Trinajstić information content (AvgIpc) is 2.39. The Hall–Kier alpha value is -1.36. The molecule has 0 aromatic carbocycles. The molecule has 0 spiro atoms. The number of carbonyl (C=O) groups excluding carboxylic acids is 1. The summed E-state index contributed by atoms with van der Waals surface area (Å²) in [7, 11) is 0. The fourth-order valence-corrected chi connectivity index (χ4v) is 2.64. The van der Waals surface area contributed by atoms with Gasteiger partial charge in [-0.3, -0.25) is 9.59 Å². The van der Waals surface area contributed by atoms with Crippen LogP contribution in [-0.4, -0.2) is 47.7 Å². The summed E-state index contributed by atoms with van der Waals surface area (Å²) in [6.07, 6.45) is 6.75. The topological polar surface area (TPSA) is 66.8 Å². The number of allylic oxidation sites excluding steroid dienone is 1. The number of amides is 1. The lowest BCUT2D eigenvalue weighted by atomic mass is 9.96. The molecule has 0 saturated carbocycles. The van der Waals surface area contributed by atoms with E-state index in [2.05, 4.69) is 6.08 Å². The van der Waals surface area contributed by atoms with Gasteiger partial charge in [0.1, 0.15) is 0 Å². The molecule has 1 aliphatic heterocycles. The molecule has 2 aliphatic rings. The lowest BCUT2D eigenvalue weighted by molar-refractivity contribution is -0.147. The monoisotopic (exact) mass is 267 g/mol. The number of ether oxygens (including phenoxy) is 1. The van der Waals surface area contributed by atoms with Crippen molar-refractivity contribution in [1.29, 1.82) is 0 Å². The normalized spacial score (nSPS) is 23.9. The van der Waals surface area contributed by atoms with Crippen LogP contribution in [0.3, 0.4) is 0 Å². The summed E-state index contributed by atoms with van der Waals surface area (Å²) < 4.78 is 5.37. The summed E-state index contributed by atoms with van der Waals surface area (Å²) in [5.41, 5.74) is 1.23. The first kappa shape index (κ1) is 14.1. The molecular weight excluding hydrogens is 246 g/mol. The van der Waals surface area contributed by atoms with Gasteiger partial charge in [-0.15, -0.1) is 0 Å². The second-order valence-electron chi connectivity index (χ2n) is 5.22. The maximum Gasteiger partial charge on any atom is 0.306 e. The molecule has 1 aliphatic carbocycles. The van der Waals surface area contributed by atoms with Crippen LogP contribution in [0.5, 0.6) is 0 Å². The summed E-state index contributed by atoms with van der Waals surface area (Å²) in [5.74, 6) is -0.777. The van der Waals surface area contributed by atoms with Crippen LogP contribution in [0, 0.1) is 0 Å². The van der Waals surface area contributed by atoms with Gasteiger partial charge in [-0.1, -0.05) is 11.6 Å². The maximum absolute atomic E-state index is 12.2. The molecule has 1 N–H and O–H groups in total. The largest absolute Gasteiger partial charge is 0.481 e. The number of aliphatic carboxylic acids is 1. The molecule has 0 aromatic heterocycles. The maximum atomic E-state index is 12.2. The van der Waals surface area contributed by atoms with Crippen LogP contribution in [0.25, 0.3) is 0 Å². The predicted molar refractivity (Wildman–Crippen MR) is 69.7 cm³/mol. The number of carboxylic acid groups (broad SMARTS) is 1. The van der Waals surface area contributed by atoms with Crippen LogP contribution in [0.15, 0.2) is 11.6 Å². The third-order valence-corrected chi connectivity index (χ3v) is 3.66. The lowest BCUT2D eigenvalue weighted by Crippen LogP contribution is -2.46. The van der Waals surface area contributed by atoms with Crippen molar-refractivity contribution in [2.75, 3.05) is 19.7 Å². The molecule has 2 rings (SSSR count). The Balaban J connectivity index is 1.84. The van der Waals surface area contributed by atoms with Crippen molar-refractivity contribution < 1.29 is 19.4 Å². The van der Waals surface area contributed by atoms with Crippen LogP contribution >= 0.6 is 0 Å². The Bertz CT molecular complexity index is 378. The second-order valence-corrected chi connectivity index (χ2v) is 5.22. The Labute approximate surface area is 113 Å². The number of rotatable bonds is 4. The van der Waals surface area contributed by atoms with E-state index in [4.69, 9.17) is 9.84 Å². The van der Waals surface area contributed by atoms with Gasteiger partial charge in [0.15, 0.2) is 0 Å². The Kier molecular flexibility index (Phi) is 4.96. The molecular formula is C14H21NO4.